The number of aromatic nitrogens is 4. The molecule has 0 aliphatic rings. The Hall–Kier alpha value is -2.28. The van der Waals surface area contributed by atoms with Crippen molar-refractivity contribution < 1.29 is 4.79 Å². The maximum Gasteiger partial charge on any atom is 0.225 e. The molecule has 2 rings (SSSR count). The summed E-state index contributed by atoms with van der Waals surface area (Å²) in [4.78, 5) is 11.8. The van der Waals surface area contributed by atoms with Crippen molar-refractivity contribution >= 4 is 11.6 Å². The van der Waals surface area contributed by atoms with Crippen LogP contribution in [0.2, 0.25) is 0 Å². The molecule has 20 heavy (non-hydrogen) atoms. The molecule has 2 aromatic rings. The van der Waals surface area contributed by atoms with Crippen LogP contribution in [0.5, 0.6) is 0 Å². The minimum atomic E-state index is -0.100. The van der Waals surface area contributed by atoms with Crippen LogP contribution >= 0.6 is 0 Å². The van der Waals surface area contributed by atoms with Crippen LogP contribution in [0.1, 0.15) is 25.3 Å². The summed E-state index contributed by atoms with van der Waals surface area (Å²) in [7, 11) is 0. The van der Waals surface area contributed by atoms with E-state index in [-0.39, 0.29) is 11.9 Å². The largest absolute Gasteiger partial charge is 0.327 e. The molecule has 0 aliphatic carbocycles. The molecule has 1 heterocycles. The number of carbonyl (C=O) groups excluding carboxylic acids is 1. The summed E-state index contributed by atoms with van der Waals surface area (Å²) < 4.78 is 1.58. The third-order valence-electron chi connectivity index (χ3n) is 3.05. The van der Waals surface area contributed by atoms with E-state index in [2.05, 4.69) is 20.8 Å². The van der Waals surface area contributed by atoms with E-state index in [1.807, 2.05) is 32.0 Å². The molecule has 1 aromatic carbocycles. The fourth-order valence-corrected chi connectivity index (χ4v) is 1.86. The molecule has 106 valence electrons. The Kier molecular flexibility index (Phi) is 4.41. The predicted octanol–water partition coefficient (Wildman–Crippen LogP) is 1.04. The maximum atomic E-state index is 11.8. The van der Waals surface area contributed by atoms with Crippen LogP contribution < -0.4 is 11.1 Å². The van der Waals surface area contributed by atoms with Crippen molar-refractivity contribution in [3.63, 3.8) is 0 Å². The molecular formula is C13H18N6O. The molecule has 0 fully saturated rings. The summed E-state index contributed by atoms with van der Waals surface area (Å²) in [5.41, 5.74) is 8.34. The lowest BCUT2D eigenvalue weighted by atomic mass is 10.1. The summed E-state index contributed by atoms with van der Waals surface area (Å²) in [6, 6.07) is 5.46. The Morgan fingerprint density at radius 1 is 1.50 bits per heavy atom. The van der Waals surface area contributed by atoms with Gasteiger partial charge in [-0.3, -0.25) is 4.79 Å². The molecule has 0 bridgehead atoms. The summed E-state index contributed by atoms with van der Waals surface area (Å²) in [5, 5.41) is 13.9. The zero-order valence-electron chi connectivity index (χ0n) is 11.6. The molecule has 3 N–H and O–H groups in total. The summed E-state index contributed by atoms with van der Waals surface area (Å²) in [6.07, 6.45) is 2.63. The molecule has 0 saturated heterocycles. The molecule has 0 spiro atoms. The molecule has 1 amide bonds. The number of rotatable bonds is 5. The van der Waals surface area contributed by atoms with Gasteiger partial charge in [-0.2, -0.15) is 0 Å². The topological polar surface area (TPSA) is 98.7 Å². The van der Waals surface area contributed by atoms with Gasteiger partial charge in [0.05, 0.1) is 5.69 Å². The fraction of sp³-hybridized carbons (Fsp3) is 0.385. The van der Waals surface area contributed by atoms with E-state index < -0.39 is 0 Å². The van der Waals surface area contributed by atoms with Gasteiger partial charge in [0.15, 0.2) is 0 Å². The molecule has 0 aliphatic heterocycles. The van der Waals surface area contributed by atoms with Crippen LogP contribution in [0.3, 0.4) is 0 Å². The Morgan fingerprint density at radius 3 is 2.90 bits per heavy atom. The standard InChI is InChI=1S/C13H18N6O/c1-3-10(14)7-13(20)16-11-4-5-12(9(2)6-11)19-8-15-17-18-19/h4-6,8,10H,3,7,14H2,1-2H3,(H,16,20). The number of carbonyl (C=O) groups is 1. The van der Waals surface area contributed by atoms with Crippen molar-refractivity contribution in [3.05, 3.63) is 30.1 Å². The van der Waals surface area contributed by atoms with E-state index >= 15 is 0 Å². The second-order valence-electron chi connectivity index (χ2n) is 4.68. The zero-order chi connectivity index (χ0) is 14.5. The molecule has 0 radical (unpaired) electrons. The third kappa shape index (κ3) is 3.39. The average molecular weight is 274 g/mol. The van der Waals surface area contributed by atoms with Crippen molar-refractivity contribution in [2.24, 2.45) is 5.73 Å². The van der Waals surface area contributed by atoms with Gasteiger partial charge in [0.2, 0.25) is 5.91 Å². The van der Waals surface area contributed by atoms with Gasteiger partial charge in [0.25, 0.3) is 0 Å². The van der Waals surface area contributed by atoms with Crippen LogP contribution in [0.15, 0.2) is 24.5 Å². The summed E-state index contributed by atoms with van der Waals surface area (Å²) in [5.74, 6) is -0.0751. The quantitative estimate of drug-likeness (QED) is 0.848. The number of anilines is 1. The minimum Gasteiger partial charge on any atom is -0.327 e. The average Bonchev–Trinajstić information content (AvgIpc) is 2.92. The van der Waals surface area contributed by atoms with Crippen LogP contribution in [-0.4, -0.2) is 32.2 Å². The van der Waals surface area contributed by atoms with Gasteiger partial charge in [-0.25, -0.2) is 4.68 Å². The van der Waals surface area contributed by atoms with Gasteiger partial charge >= 0.3 is 0 Å². The molecule has 7 nitrogen and oxygen atoms in total. The van der Waals surface area contributed by atoms with E-state index in [9.17, 15) is 4.79 Å². The van der Waals surface area contributed by atoms with E-state index in [4.69, 9.17) is 5.73 Å². The van der Waals surface area contributed by atoms with Gasteiger partial charge in [0, 0.05) is 18.2 Å². The van der Waals surface area contributed by atoms with E-state index in [1.54, 1.807) is 4.68 Å². The van der Waals surface area contributed by atoms with Gasteiger partial charge in [-0.1, -0.05) is 6.92 Å². The van der Waals surface area contributed by atoms with Crippen LogP contribution in [0, 0.1) is 6.92 Å². The highest BCUT2D eigenvalue weighted by molar-refractivity contribution is 5.91. The van der Waals surface area contributed by atoms with Crippen LogP contribution in [-0.2, 0) is 4.79 Å². The van der Waals surface area contributed by atoms with Crippen molar-refractivity contribution in [1.82, 2.24) is 20.2 Å². The van der Waals surface area contributed by atoms with Gasteiger partial charge in [-0.15, -0.1) is 5.10 Å². The molecular weight excluding hydrogens is 256 g/mol. The molecule has 0 saturated carbocycles. The zero-order valence-corrected chi connectivity index (χ0v) is 11.6. The Labute approximate surface area is 117 Å². The Morgan fingerprint density at radius 2 is 2.30 bits per heavy atom. The summed E-state index contributed by atoms with van der Waals surface area (Å²) in [6.45, 7) is 3.90. The van der Waals surface area contributed by atoms with Crippen molar-refractivity contribution in [2.45, 2.75) is 32.7 Å². The second-order valence-corrected chi connectivity index (χ2v) is 4.68. The first-order valence-electron chi connectivity index (χ1n) is 6.49. The first kappa shape index (κ1) is 14.1. The lowest BCUT2D eigenvalue weighted by molar-refractivity contribution is -0.116. The molecule has 1 unspecified atom stereocenters. The lowest BCUT2D eigenvalue weighted by Gasteiger charge is -2.11. The number of hydrogen-bond donors (Lipinski definition) is 2. The van der Waals surface area contributed by atoms with Gasteiger partial charge in [-0.05, 0) is 47.5 Å². The predicted molar refractivity (Wildman–Crippen MR) is 75.4 cm³/mol. The smallest absolute Gasteiger partial charge is 0.225 e. The number of nitrogens with two attached hydrogens (primary N) is 1. The highest BCUT2D eigenvalue weighted by Crippen LogP contribution is 2.18. The highest BCUT2D eigenvalue weighted by atomic mass is 16.1. The normalized spacial score (nSPS) is 12.2. The first-order valence-corrected chi connectivity index (χ1v) is 6.49. The maximum absolute atomic E-state index is 11.8. The number of nitrogens with zero attached hydrogens (tertiary/aromatic N) is 4. The lowest BCUT2D eigenvalue weighted by Crippen LogP contribution is -2.26. The molecule has 1 atom stereocenters. The van der Waals surface area contributed by atoms with E-state index in [0.717, 1.165) is 23.4 Å². The number of nitrogens with one attached hydrogen (secondary N) is 1. The highest BCUT2D eigenvalue weighted by Gasteiger charge is 2.09. The van der Waals surface area contributed by atoms with E-state index in [0.29, 0.717) is 6.42 Å². The Bertz CT molecular complexity index is 581. The number of benzene rings is 1. The molecule has 7 heteroatoms. The second kappa shape index (κ2) is 6.25. The summed E-state index contributed by atoms with van der Waals surface area (Å²) >= 11 is 0. The number of hydrogen-bond acceptors (Lipinski definition) is 5. The number of tetrazole rings is 1. The van der Waals surface area contributed by atoms with Crippen molar-refractivity contribution in [1.29, 1.82) is 0 Å². The van der Waals surface area contributed by atoms with Crippen LogP contribution in [0.4, 0.5) is 5.69 Å². The monoisotopic (exact) mass is 274 g/mol. The van der Waals surface area contributed by atoms with Gasteiger partial charge < -0.3 is 11.1 Å². The number of aryl methyl sites for hydroxylation is 1. The SMILES string of the molecule is CCC(N)CC(=O)Nc1ccc(-n2cnnn2)c(C)c1. The van der Waals surface area contributed by atoms with Crippen molar-refractivity contribution in [2.75, 3.05) is 5.32 Å². The third-order valence-corrected chi connectivity index (χ3v) is 3.05. The Balaban J connectivity index is 2.08. The first-order chi connectivity index (χ1) is 9.60. The van der Waals surface area contributed by atoms with Crippen LogP contribution in [0.25, 0.3) is 5.69 Å². The van der Waals surface area contributed by atoms with E-state index in [1.165, 1.54) is 6.33 Å². The molecule has 1 aromatic heterocycles. The fourth-order valence-electron chi connectivity index (χ4n) is 1.86. The minimum absolute atomic E-state index is 0.0751. The van der Waals surface area contributed by atoms with Gasteiger partial charge in [0.1, 0.15) is 6.33 Å². The number of amides is 1. The van der Waals surface area contributed by atoms with Crippen molar-refractivity contribution in [3.8, 4) is 5.69 Å².